The van der Waals surface area contributed by atoms with Crippen LogP contribution in [0.3, 0.4) is 0 Å². The second-order valence-electron chi connectivity index (χ2n) is 3.38. The van der Waals surface area contributed by atoms with Gasteiger partial charge in [-0.25, -0.2) is 0 Å². The quantitative estimate of drug-likeness (QED) is 0.752. The average Bonchev–Trinajstić information content (AvgIpc) is 2.68. The predicted octanol–water partition coefficient (Wildman–Crippen LogP) is 1.82. The summed E-state index contributed by atoms with van der Waals surface area (Å²) in [6.07, 6.45) is 1.49. The number of aromatic nitrogens is 1. The number of para-hydroxylation sites is 2. The lowest BCUT2D eigenvalue weighted by molar-refractivity contribution is 0.0987. The summed E-state index contributed by atoms with van der Waals surface area (Å²) in [5, 5.41) is 6.20. The van der Waals surface area contributed by atoms with Crippen LogP contribution in [0.2, 0.25) is 0 Å². The van der Waals surface area contributed by atoms with Gasteiger partial charge >= 0.3 is 0 Å². The van der Waals surface area contributed by atoms with Gasteiger partial charge in [0.15, 0.2) is 0 Å². The van der Waals surface area contributed by atoms with Crippen LogP contribution in [0, 0.1) is 6.92 Å². The lowest BCUT2D eigenvalue weighted by Gasteiger charge is -2.05. The SMILES string of the molecule is Cc1cnoc1C(=O)Nc1ccccc1N. The lowest BCUT2D eigenvalue weighted by atomic mass is 10.2. The van der Waals surface area contributed by atoms with Crippen molar-refractivity contribution in [3.63, 3.8) is 0 Å². The highest BCUT2D eigenvalue weighted by Gasteiger charge is 2.14. The number of anilines is 2. The first kappa shape index (κ1) is 10.2. The molecular formula is C11H11N3O2. The summed E-state index contributed by atoms with van der Waals surface area (Å²) in [4.78, 5) is 11.7. The zero-order valence-electron chi connectivity index (χ0n) is 8.73. The van der Waals surface area contributed by atoms with Crippen LogP contribution in [0.5, 0.6) is 0 Å². The second-order valence-corrected chi connectivity index (χ2v) is 3.38. The van der Waals surface area contributed by atoms with Crippen LogP contribution < -0.4 is 11.1 Å². The number of carbonyl (C=O) groups excluding carboxylic acids is 1. The summed E-state index contributed by atoms with van der Waals surface area (Å²) in [5.41, 5.74) is 7.45. The van der Waals surface area contributed by atoms with Crippen molar-refractivity contribution in [2.75, 3.05) is 11.1 Å². The van der Waals surface area contributed by atoms with Crippen molar-refractivity contribution in [1.29, 1.82) is 0 Å². The van der Waals surface area contributed by atoms with Gasteiger partial charge in [0.25, 0.3) is 5.91 Å². The van der Waals surface area contributed by atoms with Gasteiger partial charge < -0.3 is 15.6 Å². The Morgan fingerprint density at radius 1 is 1.44 bits per heavy atom. The van der Waals surface area contributed by atoms with Gasteiger partial charge in [-0.1, -0.05) is 17.3 Å². The van der Waals surface area contributed by atoms with E-state index in [1.807, 2.05) is 0 Å². The zero-order chi connectivity index (χ0) is 11.5. The molecule has 1 aromatic heterocycles. The van der Waals surface area contributed by atoms with Crippen molar-refractivity contribution in [2.24, 2.45) is 0 Å². The molecule has 0 aliphatic carbocycles. The molecule has 0 atom stereocenters. The largest absolute Gasteiger partial charge is 0.397 e. The number of aryl methyl sites for hydroxylation is 1. The Morgan fingerprint density at radius 3 is 2.81 bits per heavy atom. The topological polar surface area (TPSA) is 81.2 Å². The van der Waals surface area contributed by atoms with Crippen molar-refractivity contribution in [2.45, 2.75) is 6.92 Å². The van der Waals surface area contributed by atoms with E-state index in [0.717, 1.165) is 0 Å². The molecule has 0 aliphatic rings. The van der Waals surface area contributed by atoms with E-state index in [4.69, 9.17) is 10.3 Å². The number of hydrogen-bond donors (Lipinski definition) is 2. The van der Waals surface area contributed by atoms with Crippen molar-refractivity contribution >= 4 is 17.3 Å². The Hall–Kier alpha value is -2.30. The number of nitrogens with one attached hydrogen (secondary N) is 1. The summed E-state index contributed by atoms with van der Waals surface area (Å²) < 4.78 is 4.84. The van der Waals surface area contributed by atoms with Crippen LogP contribution >= 0.6 is 0 Å². The number of nitrogens with zero attached hydrogens (tertiary/aromatic N) is 1. The molecule has 2 rings (SSSR count). The van der Waals surface area contributed by atoms with Crippen molar-refractivity contribution < 1.29 is 9.32 Å². The van der Waals surface area contributed by atoms with E-state index in [1.165, 1.54) is 6.20 Å². The molecule has 0 bridgehead atoms. The molecule has 0 radical (unpaired) electrons. The molecule has 5 heteroatoms. The fourth-order valence-corrected chi connectivity index (χ4v) is 1.30. The molecule has 0 aliphatic heterocycles. The highest BCUT2D eigenvalue weighted by Crippen LogP contribution is 2.18. The Bertz CT molecular complexity index is 519. The third-order valence-corrected chi connectivity index (χ3v) is 2.16. The normalized spacial score (nSPS) is 10.1. The average molecular weight is 217 g/mol. The van der Waals surface area contributed by atoms with Crippen molar-refractivity contribution in [1.82, 2.24) is 5.16 Å². The van der Waals surface area contributed by atoms with E-state index >= 15 is 0 Å². The molecule has 0 unspecified atom stereocenters. The van der Waals surface area contributed by atoms with Crippen LogP contribution in [0.25, 0.3) is 0 Å². The minimum atomic E-state index is -0.354. The molecule has 0 saturated heterocycles. The molecule has 0 spiro atoms. The van der Waals surface area contributed by atoms with Gasteiger partial charge in [0.05, 0.1) is 17.6 Å². The summed E-state index contributed by atoms with van der Waals surface area (Å²) in [6.45, 7) is 1.75. The van der Waals surface area contributed by atoms with E-state index in [-0.39, 0.29) is 11.7 Å². The first-order chi connectivity index (χ1) is 7.68. The minimum absolute atomic E-state index is 0.197. The maximum atomic E-state index is 11.7. The third kappa shape index (κ3) is 1.88. The second kappa shape index (κ2) is 4.06. The van der Waals surface area contributed by atoms with Gasteiger partial charge in [-0.05, 0) is 19.1 Å². The van der Waals surface area contributed by atoms with Crippen LogP contribution in [0.15, 0.2) is 35.0 Å². The number of nitrogens with two attached hydrogens (primary N) is 1. The smallest absolute Gasteiger partial charge is 0.294 e. The number of nitrogen functional groups attached to an aromatic ring is 1. The van der Waals surface area contributed by atoms with Gasteiger partial charge in [-0.2, -0.15) is 0 Å². The van der Waals surface area contributed by atoms with Crippen LogP contribution in [0.1, 0.15) is 16.1 Å². The molecule has 0 saturated carbocycles. The third-order valence-electron chi connectivity index (χ3n) is 2.16. The molecule has 2 aromatic rings. The number of benzene rings is 1. The molecule has 5 nitrogen and oxygen atoms in total. The Balaban J connectivity index is 2.21. The highest BCUT2D eigenvalue weighted by molar-refractivity contribution is 6.04. The summed E-state index contributed by atoms with van der Waals surface area (Å²) in [5.74, 6) is -0.156. The van der Waals surface area contributed by atoms with Crippen LogP contribution in [-0.4, -0.2) is 11.1 Å². The molecule has 0 fully saturated rings. The number of amides is 1. The summed E-state index contributed by atoms with van der Waals surface area (Å²) in [6, 6.07) is 7.02. The Morgan fingerprint density at radius 2 is 2.19 bits per heavy atom. The lowest BCUT2D eigenvalue weighted by Crippen LogP contribution is -2.13. The molecule has 16 heavy (non-hydrogen) atoms. The first-order valence-corrected chi connectivity index (χ1v) is 4.75. The molecule has 82 valence electrons. The molecule has 3 N–H and O–H groups in total. The molecular weight excluding hydrogens is 206 g/mol. The van der Waals surface area contributed by atoms with E-state index in [0.29, 0.717) is 16.9 Å². The van der Waals surface area contributed by atoms with Crippen molar-refractivity contribution in [3.05, 3.63) is 41.8 Å². The van der Waals surface area contributed by atoms with Crippen LogP contribution in [-0.2, 0) is 0 Å². The maximum Gasteiger partial charge on any atom is 0.294 e. The highest BCUT2D eigenvalue weighted by atomic mass is 16.5. The van der Waals surface area contributed by atoms with Gasteiger partial charge in [-0.3, -0.25) is 4.79 Å². The fraction of sp³-hybridized carbons (Fsp3) is 0.0909. The van der Waals surface area contributed by atoms with Gasteiger partial charge in [0, 0.05) is 5.56 Å². The van der Waals surface area contributed by atoms with Crippen molar-refractivity contribution in [3.8, 4) is 0 Å². The monoisotopic (exact) mass is 217 g/mol. The maximum absolute atomic E-state index is 11.7. The molecule has 1 amide bonds. The van der Waals surface area contributed by atoms with E-state index in [9.17, 15) is 4.79 Å². The van der Waals surface area contributed by atoms with Crippen LogP contribution in [0.4, 0.5) is 11.4 Å². The summed E-state index contributed by atoms with van der Waals surface area (Å²) >= 11 is 0. The fourth-order valence-electron chi connectivity index (χ4n) is 1.30. The molecule has 1 aromatic carbocycles. The van der Waals surface area contributed by atoms with Gasteiger partial charge in [0.1, 0.15) is 0 Å². The Kier molecular flexibility index (Phi) is 2.59. The predicted molar refractivity (Wildman–Crippen MR) is 60.0 cm³/mol. The number of hydrogen-bond acceptors (Lipinski definition) is 4. The zero-order valence-corrected chi connectivity index (χ0v) is 8.73. The minimum Gasteiger partial charge on any atom is -0.397 e. The van der Waals surface area contributed by atoms with Gasteiger partial charge in [0.2, 0.25) is 5.76 Å². The van der Waals surface area contributed by atoms with E-state index in [2.05, 4.69) is 10.5 Å². The van der Waals surface area contributed by atoms with Gasteiger partial charge in [-0.15, -0.1) is 0 Å². The molecule has 1 heterocycles. The number of carbonyl (C=O) groups is 1. The first-order valence-electron chi connectivity index (χ1n) is 4.75. The van der Waals surface area contributed by atoms with E-state index in [1.54, 1.807) is 31.2 Å². The standard InChI is InChI=1S/C11H11N3O2/c1-7-6-13-16-10(7)11(15)14-9-5-3-2-4-8(9)12/h2-6H,12H2,1H3,(H,14,15). The summed E-state index contributed by atoms with van der Waals surface area (Å²) in [7, 11) is 0. The Labute approximate surface area is 92.2 Å². The van der Waals surface area contributed by atoms with E-state index < -0.39 is 0 Å². The number of rotatable bonds is 2.